The first kappa shape index (κ1) is 19.7. The van der Waals surface area contributed by atoms with Crippen LogP contribution >= 0.6 is 23.1 Å². The number of nitrogens with one attached hydrogen (secondary N) is 1. The zero-order valence-corrected chi connectivity index (χ0v) is 16.5. The smallest absolute Gasteiger partial charge is 0.413 e. The molecule has 0 saturated heterocycles. The van der Waals surface area contributed by atoms with E-state index in [1.807, 2.05) is 44.5 Å². The van der Waals surface area contributed by atoms with Crippen LogP contribution in [0.2, 0.25) is 0 Å². The Labute approximate surface area is 156 Å². The van der Waals surface area contributed by atoms with Gasteiger partial charge in [0.1, 0.15) is 5.60 Å². The monoisotopic (exact) mass is 381 g/mol. The van der Waals surface area contributed by atoms with Crippen LogP contribution in [0.5, 0.6) is 0 Å². The number of anilines is 1. The molecular weight excluding hydrogens is 358 g/mol. The largest absolute Gasteiger partial charge is 0.444 e. The molecule has 1 N–H and O–H groups in total. The zero-order chi connectivity index (χ0) is 18.3. The molecule has 0 aliphatic rings. The Kier molecular flexibility index (Phi) is 7.22. The molecule has 2 heterocycles. The Hall–Kier alpha value is -1.64. The van der Waals surface area contributed by atoms with E-state index < -0.39 is 11.7 Å². The van der Waals surface area contributed by atoms with Crippen molar-refractivity contribution >= 4 is 34.3 Å². The van der Waals surface area contributed by atoms with Gasteiger partial charge >= 0.3 is 6.09 Å². The number of amides is 1. The topological polar surface area (TPSA) is 73.3 Å². The Balaban J connectivity index is 2.05. The molecule has 2 aromatic heterocycles. The molecule has 2 aromatic rings. The van der Waals surface area contributed by atoms with E-state index in [-0.39, 0.29) is 0 Å². The number of carbonyl (C=O) groups excluding carboxylic acids is 1. The highest BCUT2D eigenvalue weighted by atomic mass is 32.2. The highest BCUT2D eigenvalue weighted by molar-refractivity contribution is 7.98. The summed E-state index contributed by atoms with van der Waals surface area (Å²) in [4.78, 5) is 20.7. The lowest BCUT2D eigenvalue weighted by Crippen LogP contribution is -2.27. The van der Waals surface area contributed by atoms with E-state index in [0.29, 0.717) is 18.3 Å². The minimum Gasteiger partial charge on any atom is -0.444 e. The number of hydrogen-bond donors (Lipinski definition) is 1. The summed E-state index contributed by atoms with van der Waals surface area (Å²) in [6, 6.07) is 3.81. The summed E-state index contributed by atoms with van der Waals surface area (Å²) in [6.45, 7) is 6.57. The van der Waals surface area contributed by atoms with Crippen molar-refractivity contribution in [2.45, 2.75) is 33.0 Å². The van der Waals surface area contributed by atoms with Gasteiger partial charge in [-0.05, 0) is 39.2 Å². The van der Waals surface area contributed by atoms with Crippen LogP contribution in [0.4, 0.5) is 9.93 Å². The Morgan fingerprint density at radius 1 is 1.40 bits per heavy atom. The summed E-state index contributed by atoms with van der Waals surface area (Å²) >= 11 is 3.09. The SMILES string of the molecule is CSCCOCc1ncccc1-c1csc(NC(=O)OC(C)(C)C)n1. The van der Waals surface area contributed by atoms with Crippen molar-refractivity contribution in [1.29, 1.82) is 0 Å². The predicted octanol–water partition coefficient (Wildman–Crippen LogP) is 4.43. The summed E-state index contributed by atoms with van der Waals surface area (Å²) in [5, 5.41) is 5.03. The van der Waals surface area contributed by atoms with Crippen LogP contribution in [0, 0.1) is 0 Å². The third-order valence-corrected chi connectivity index (χ3v) is 4.28. The number of hydrogen-bond acceptors (Lipinski definition) is 7. The molecule has 136 valence electrons. The standard InChI is InChI=1S/C17H23N3O3S2/c1-17(2,3)23-16(21)20-15-19-14(11-25-15)12-6-5-7-18-13(12)10-22-8-9-24-4/h5-7,11H,8-10H2,1-4H3,(H,19,20,21). The lowest BCUT2D eigenvalue weighted by Gasteiger charge is -2.18. The van der Waals surface area contributed by atoms with Crippen LogP contribution in [-0.4, -0.2) is 40.3 Å². The molecule has 2 rings (SSSR count). The van der Waals surface area contributed by atoms with Gasteiger partial charge in [0.2, 0.25) is 0 Å². The fourth-order valence-corrected chi connectivity index (χ4v) is 2.92. The number of thiazole rings is 1. The van der Waals surface area contributed by atoms with E-state index >= 15 is 0 Å². The minimum atomic E-state index is -0.547. The molecule has 0 aromatic carbocycles. The summed E-state index contributed by atoms with van der Waals surface area (Å²) in [5.41, 5.74) is 1.94. The molecule has 6 nitrogen and oxygen atoms in total. The van der Waals surface area contributed by atoms with Crippen LogP contribution in [0.25, 0.3) is 11.3 Å². The molecular formula is C17H23N3O3S2. The maximum Gasteiger partial charge on any atom is 0.413 e. The third-order valence-electron chi connectivity index (χ3n) is 2.95. The highest BCUT2D eigenvalue weighted by Gasteiger charge is 2.18. The number of carbonyl (C=O) groups is 1. The lowest BCUT2D eigenvalue weighted by molar-refractivity contribution is 0.0636. The van der Waals surface area contributed by atoms with Gasteiger partial charge in [-0.15, -0.1) is 11.3 Å². The number of pyridine rings is 1. The van der Waals surface area contributed by atoms with E-state index in [0.717, 1.165) is 22.7 Å². The second kappa shape index (κ2) is 9.17. The molecule has 1 amide bonds. The molecule has 0 aliphatic heterocycles. The van der Waals surface area contributed by atoms with Crippen molar-refractivity contribution in [1.82, 2.24) is 9.97 Å². The summed E-state index contributed by atoms with van der Waals surface area (Å²) in [5.74, 6) is 0.947. The maximum absolute atomic E-state index is 11.8. The lowest BCUT2D eigenvalue weighted by atomic mass is 10.1. The van der Waals surface area contributed by atoms with Gasteiger partial charge in [-0.1, -0.05) is 0 Å². The fourth-order valence-electron chi connectivity index (χ4n) is 1.94. The van der Waals surface area contributed by atoms with Crippen molar-refractivity contribution in [3.05, 3.63) is 29.4 Å². The molecule has 0 spiro atoms. The second-order valence-electron chi connectivity index (χ2n) is 6.21. The summed E-state index contributed by atoms with van der Waals surface area (Å²) in [7, 11) is 0. The maximum atomic E-state index is 11.8. The molecule has 0 bridgehead atoms. The van der Waals surface area contributed by atoms with Gasteiger partial charge in [0.15, 0.2) is 5.13 Å². The first-order chi connectivity index (χ1) is 11.9. The van der Waals surface area contributed by atoms with Crippen LogP contribution < -0.4 is 5.32 Å². The van der Waals surface area contributed by atoms with Crippen molar-refractivity contribution < 1.29 is 14.3 Å². The summed E-state index contributed by atoms with van der Waals surface area (Å²) < 4.78 is 10.9. The van der Waals surface area contributed by atoms with Gasteiger partial charge in [-0.2, -0.15) is 11.8 Å². The van der Waals surface area contributed by atoms with Gasteiger partial charge in [0, 0.05) is 22.9 Å². The number of ether oxygens (including phenoxy) is 2. The van der Waals surface area contributed by atoms with Gasteiger partial charge in [-0.25, -0.2) is 9.78 Å². The average molecular weight is 382 g/mol. The van der Waals surface area contributed by atoms with Crippen LogP contribution in [0.15, 0.2) is 23.7 Å². The highest BCUT2D eigenvalue weighted by Crippen LogP contribution is 2.27. The van der Waals surface area contributed by atoms with Crippen LogP contribution in [0.1, 0.15) is 26.5 Å². The van der Waals surface area contributed by atoms with E-state index in [1.165, 1.54) is 11.3 Å². The van der Waals surface area contributed by atoms with Crippen molar-refractivity contribution in [3.63, 3.8) is 0 Å². The second-order valence-corrected chi connectivity index (χ2v) is 8.05. The van der Waals surface area contributed by atoms with Gasteiger partial charge < -0.3 is 9.47 Å². The first-order valence-electron chi connectivity index (χ1n) is 7.85. The van der Waals surface area contributed by atoms with E-state index in [1.54, 1.807) is 18.0 Å². The molecule has 8 heteroatoms. The van der Waals surface area contributed by atoms with Gasteiger partial charge in [-0.3, -0.25) is 10.3 Å². The molecule has 0 aliphatic carbocycles. The quantitative estimate of drug-likeness (QED) is 0.715. The Bertz CT molecular complexity index is 698. The fraction of sp³-hybridized carbons (Fsp3) is 0.471. The number of aromatic nitrogens is 2. The molecule has 0 unspecified atom stereocenters. The molecule has 0 saturated carbocycles. The van der Waals surface area contributed by atoms with Crippen LogP contribution in [0.3, 0.4) is 0 Å². The van der Waals surface area contributed by atoms with Gasteiger partial charge in [0.05, 0.1) is 24.6 Å². The van der Waals surface area contributed by atoms with Crippen molar-refractivity contribution in [2.24, 2.45) is 0 Å². The average Bonchev–Trinajstić information content (AvgIpc) is 2.98. The van der Waals surface area contributed by atoms with Crippen LogP contribution in [-0.2, 0) is 16.1 Å². The first-order valence-corrected chi connectivity index (χ1v) is 10.1. The van der Waals surface area contributed by atoms with E-state index in [2.05, 4.69) is 15.3 Å². The summed E-state index contributed by atoms with van der Waals surface area (Å²) in [6.07, 6.45) is 3.27. The molecule has 25 heavy (non-hydrogen) atoms. The number of nitrogens with zero attached hydrogens (tertiary/aromatic N) is 2. The number of thioether (sulfide) groups is 1. The van der Waals surface area contributed by atoms with Crippen molar-refractivity contribution in [3.8, 4) is 11.3 Å². The number of rotatable bonds is 7. The Morgan fingerprint density at radius 2 is 2.20 bits per heavy atom. The minimum absolute atomic E-state index is 0.434. The Morgan fingerprint density at radius 3 is 2.92 bits per heavy atom. The molecule has 0 atom stereocenters. The third kappa shape index (κ3) is 6.64. The van der Waals surface area contributed by atoms with Gasteiger partial charge in [0.25, 0.3) is 0 Å². The zero-order valence-electron chi connectivity index (χ0n) is 14.9. The molecule has 0 fully saturated rings. The predicted molar refractivity (Wildman–Crippen MR) is 103 cm³/mol. The van der Waals surface area contributed by atoms with Crippen molar-refractivity contribution in [2.75, 3.05) is 23.9 Å². The molecule has 0 radical (unpaired) electrons. The van der Waals surface area contributed by atoms with E-state index in [4.69, 9.17) is 9.47 Å². The normalized spacial score (nSPS) is 11.4. The van der Waals surface area contributed by atoms with E-state index in [9.17, 15) is 4.79 Å².